The Kier molecular flexibility index (Phi) is 7.62. The normalized spacial score (nSPS) is 13.0. The topological polar surface area (TPSA) is 91.2 Å². The van der Waals surface area contributed by atoms with Gasteiger partial charge in [0.1, 0.15) is 0 Å². The van der Waals surface area contributed by atoms with Crippen LogP contribution in [0.3, 0.4) is 0 Å². The zero-order valence-corrected chi connectivity index (χ0v) is 16.8. The fourth-order valence-electron chi connectivity index (χ4n) is 3.34. The summed E-state index contributed by atoms with van der Waals surface area (Å²) in [7, 11) is 0. The highest BCUT2D eigenvalue weighted by atomic mass is 16.5. The van der Waals surface area contributed by atoms with Crippen LogP contribution in [0.15, 0.2) is 60.2 Å². The van der Waals surface area contributed by atoms with Crippen molar-refractivity contribution < 1.29 is 14.3 Å². The van der Waals surface area contributed by atoms with E-state index in [1.165, 1.54) is 18.4 Å². The van der Waals surface area contributed by atoms with Crippen molar-refractivity contribution in [2.24, 2.45) is 0 Å². The average molecular weight is 403 g/mol. The van der Waals surface area contributed by atoms with E-state index in [1.54, 1.807) is 36.4 Å². The van der Waals surface area contributed by atoms with E-state index in [1.807, 2.05) is 18.2 Å². The lowest BCUT2D eigenvalue weighted by Crippen LogP contribution is -2.21. The lowest BCUT2D eigenvalue weighted by molar-refractivity contribution is -0.119. The minimum absolute atomic E-state index is 0.389. The van der Waals surface area contributed by atoms with Crippen LogP contribution in [0, 0.1) is 11.3 Å². The van der Waals surface area contributed by atoms with Crippen molar-refractivity contribution in [3.05, 3.63) is 71.3 Å². The Labute approximate surface area is 176 Å². The number of ether oxygens (including phenoxy) is 1. The monoisotopic (exact) mass is 403 g/mol. The Morgan fingerprint density at radius 2 is 1.87 bits per heavy atom. The summed E-state index contributed by atoms with van der Waals surface area (Å²) in [6.07, 6.45) is 8.10. The summed E-state index contributed by atoms with van der Waals surface area (Å²) in [6.45, 7) is 0.357. The molecular weight excluding hydrogens is 378 g/mol. The minimum atomic E-state index is -0.551. The Balaban J connectivity index is 1.50. The van der Waals surface area contributed by atoms with Gasteiger partial charge in [0.05, 0.1) is 17.2 Å². The minimum Gasteiger partial charge on any atom is -0.452 e. The second kappa shape index (κ2) is 10.8. The summed E-state index contributed by atoms with van der Waals surface area (Å²) in [5.41, 5.74) is 3.61. The highest BCUT2D eigenvalue weighted by Gasteiger charge is 2.14. The predicted octanol–water partition coefficient (Wildman–Crippen LogP) is 4.66. The van der Waals surface area contributed by atoms with Crippen molar-refractivity contribution in [1.29, 1.82) is 5.26 Å². The molecule has 0 fully saturated rings. The summed E-state index contributed by atoms with van der Waals surface area (Å²) < 4.78 is 5.19. The number of nitrogens with zero attached hydrogens (tertiary/aromatic N) is 1. The summed E-state index contributed by atoms with van der Waals surface area (Å²) in [5, 5.41) is 14.8. The number of anilines is 2. The van der Waals surface area contributed by atoms with Crippen LogP contribution in [0.2, 0.25) is 0 Å². The third-order valence-corrected chi connectivity index (χ3v) is 4.93. The summed E-state index contributed by atoms with van der Waals surface area (Å²) >= 11 is 0. The summed E-state index contributed by atoms with van der Waals surface area (Å²) in [4.78, 5) is 24.5. The highest BCUT2D eigenvalue weighted by Crippen LogP contribution is 2.21. The maximum atomic E-state index is 12.5. The van der Waals surface area contributed by atoms with Crippen molar-refractivity contribution in [3.8, 4) is 6.07 Å². The van der Waals surface area contributed by atoms with E-state index in [0.717, 1.165) is 25.8 Å². The summed E-state index contributed by atoms with van der Waals surface area (Å²) in [6, 6.07) is 15.6. The number of nitriles is 1. The van der Waals surface area contributed by atoms with Crippen molar-refractivity contribution in [1.82, 2.24) is 0 Å². The van der Waals surface area contributed by atoms with Gasteiger partial charge in [-0.15, -0.1) is 0 Å². The molecule has 0 aliphatic heterocycles. The number of allylic oxidation sites excluding steroid dienone is 1. The van der Waals surface area contributed by atoms with E-state index >= 15 is 0 Å². The van der Waals surface area contributed by atoms with Gasteiger partial charge >= 0.3 is 5.97 Å². The van der Waals surface area contributed by atoms with Crippen LogP contribution in [0.5, 0.6) is 0 Å². The molecule has 2 aromatic rings. The molecule has 1 aliphatic rings. The number of rotatable bonds is 8. The van der Waals surface area contributed by atoms with Gasteiger partial charge in [-0.25, -0.2) is 4.79 Å². The SMILES string of the molecule is N#Cc1ccc(NC(=O)COC(=O)c2ccccc2NCCC2=CCCCC2)cc1. The first-order chi connectivity index (χ1) is 14.7. The number of carbonyl (C=O) groups excluding carboxylic acids is 2. The molecule has 0 bridgehead atoms. The Bertz CT molecular complexity index is 958. The molecule has 0 saturated heterocycles. The first-order valence-electron chi connectivity index (χ1n) is 10.1. The van der Waals surface area contributed by atoms with Crippen LogP contribution in [0.1, 0.15) is 48.0 Å². The molecule has 1 aliphatic carbocycles. The third-order valence-electron chi connectivity index (χ3n) is 4.93. The smallest absolute Gasteiger partial charge is 0.340 e. The van der Waals surface area contributed by atoms with E-state index in [0.29, 0.717) is 22.5 Å². The van der Waals surface area contributed by atoms with Crippen molar-refractivity contribution >= 4 is 23.3 Å². The van der Waals surface area contributed by atoms with Gasteiger partial charge in [-0.05, 0) is 68.5 Å². The molecule has 0 aromatic heterocycles. The van der Waals surface area contributed by atoms with Crippen LogP contribution in [-0.4, -0.2) is 25.0 Å². The summed E-state index contributed by atoms with van der Waals surface area (Å²) in [5.74, 6) is -0.993. The van der Waals surface area contributed by atoms with E-state index in [9.17, 15) is 9.59 Å². The molecule has 154 valence electrons. The average Bonchev–Trinajstić information content (AvgIpc) is 2.79. The zero-order chi connectivity index (χ0) is 21.2. The number of para-hydroxylation sites is 1. The molecule has 2 N–H and O–H groups in total. The van der Waals surface area contributed by atoms with Gasteiger partial charge < -0.3 is 15.4 Å². The van der Waals surface area contributed by atoms with E-state index in [4.69, 9.17) is 10.00 Å². The zero-order valence-electron chi connectivity index (χ0n) is 16.8. The first-order valence-corrected chi connectivity index (χ1v) is 10.1. The van der Waals surface area contributed by atoms with Gasteiger partial charge in [-0.2, -0.15) is 5.26 Å². The van der Waals surface area contributed by atoms with Crippen LogP contribution in [-0.2, 0) is 9.53 Å². The molecule has 30 heavy (non-hydrogen) atoms. The number of benzene rings is 2. The second-order valence-electron chi connectivity index (χ2n) is 7.14. The molecule has 1 amide bonds. The first kappa shape index (κ1) is 21.1. The standard InChI is InChI=1S/C24H25N3O3/c25-16-19-10-12-20(13-11-19)27-23(28)17-30-24(29)21-8-4-5-9-22(21)26-15-14-18-6-2-1-3-7-18/h4-6,8-13,26H,1-3,7,14-15,17H2,(H,27,28). The molecule has 2 aromatic carbocycles. The molecule has 0 heterocycles. The third kappa shape index (κ3) is 6.21. The molecule has 0 spiro atoms. The van der Waals surface area contributed by atoms with Crippen molar-refractivity contribution in [3.63, 3.8) is 0 Å². The molecule has 0 unspecified atom stereocenters. The Morgan fingerprint density at radius 3 is 2.60 bits per heavy atom. The maximum absolute atomic E-state index is 12.5. The molecule has 3 rings (SSSR count). The predicted molar refractivity (Wildman–Crippen MR) is 116 cm³/mol. The highest BCUT2D eigenvalue weighted by molar-refractivity contribution is 5.98. The van der Waals surface area contributed by atoms with Crippen molar-refractivity contribution in [2.75, 3.05) is 23.8 Å². The number of amides is 1. The molecule has 6 nitrogen and oxygen atoms in total. The van der Waals surface area contributed by atoms with Crippen LogP contribution >= 0.6 is 0 Å². The fourth-order valence-corrected chi connectivity index (χ4v) is 3.34. The molecule has 0 radical (unpaired) electrons. The molecule has 0 saturated carbocycles. The van der Waals surface area contributed by atoms with Gasteiger partial charge in [-0.3, -0.25) is 4.79 Å². The molecule has 0 atom stereocenters. The molecule has 6 heteroatoms. The van der Waals surface area contributed by atoms with Gasteiger partial charge in [0.2, 0.25) is 0 Å². The van der Waals surface area contributed by atoms with E-state index in [2.05, 4.69) is 16.7 Å². The fraction of sp³-hybridized carbons (Fsp3) is 0.292. The number of carbonyl (C=O) groups is 2. The Hall–Kier alpha value is -3.59. The van der Waals surface area contributed by atoms with Gasteiger partial charge in [0.25, 0.3) is 5.91 Å². The lowest BCUT2D eigenvalue weighted by atomic mass is 9.97. The number of nitrogens with one attached hydrogen (secondary N) is 2. The van der Waals surface area contributed by atoms with Crippen LogP contribution < -0.4 is 10.6 Å². The van der Waals surface area contributed by atoms with Gasteiger partial charge in [0.15, 0.2) is 6.61 Å². The van der Waals surface area contributed by atoms with E-state index < -0.39 is 11.9 Å². The van der Waals surface area contributed by atoms with E-state index in [-0.39, 0.29) is 6.61 Å². The van der Waals surface area contributed by atoms with Crippen LogP contribution in [0.25, 0.3) is 0 Å². The van der Waals surface area contributed by atoms with Crippen LogP contribution in [0.4, 0.5) is 11.4 Å². The Morgan fingerprint density at radius 1 is 1.07 bits per heavy atom. The number of hydrogen-bond acceptors (Lipinski definition) is 5. The largest absolute Gasteiger partial charge is 0.452 e. The van der Waals surface area contributed by atoms with Gasteiger partial charge in [0, 0.05) is 17.9 Å². The number of hydrogen-bond donors (Lipinski definition) is 2. The van der Waals surface area contributed by atoms with Crippen molar-refractivity contribution in [2.45, 2.75) is 32.1 Å². The maximum Gasteiger partial charge on any atom is 0.340 e. The second-order valence-corrected chi connectivity index (χ2v) is 7.14. The number of esters is 1. The lowest BCUT2D eigenvalue weighted by Gasteiger charge is -2.15. The molecular formula is C24H25N3O3. The van der Waals surface area contributed by atoms with Gasteiger partial charge in [-0.1, -0.05) is 23.8 Å². The quantitative estimate of drug-likeness (QED) is 0.494.